The largest absolute Gasteiger partial charge is 0.309 e. The van der Waals surface area contributed by atoms with Gasteiger partial charge < -0.3 is 4.90 Å². The lowest BCUT2D eigenvalue weighted by Gasteiger charge is -2.23. The summed E-state index contributed by atoms with van der Waals surface area (Å²) in [5, 5.41) is 0.430. The highest BCUT2D eigenvalue weighted by Gasteiger charge is 2.28. The molecule has 6 heteroatoms. The van der Waals surface area contributed by atoms with Crippen LogP contribution in [0, 0.1) is 5.82 Å². The number of H-pyrrole nitrogens is 1. The van der Waals surface area contributed by atoms with Crippen molar-refractivity contribution in [1.29, 1.82) is 0 Å². The van der Waals surface area contributed by atoms with Crippen LogP contribution in [0.2, 0.25) is 0 Å². The van der Waals surface area contributed by atoms with E-state index in [2.05, 4.69) is 32.8 Å². The molecule has 1 atom stereocenters. The molecule has 0 saturated heterocycles. The first-order chi connectivity index (χ1) is 14.6. The monoisotopic (exact) mass is 398 g/mol. The summed E-state index contributed by atoms with van der Waals surface area (Å²) in [5.41, 5.74) is 3.99. The van der Waals surface area contributed by atoms with Crippen LogP contribution in [-0.4, -0.2) is 21.0 Å². The van der Waals surface area contributed by atoms with Gasteiger partial charge in [-0.3, -0.25) is 9.78 Å². The lowest BCUT2D eigenvalue weighted by Crippen LogP contribution is -2.28. The maximum Gasteiger partial charge on any atom is 0.262 e. The molecule has 0 spiro atoms. The number of pyridine rings is 1. The number of anilines is 2. The van der Waals surface area contributed by atoms with Gasteiger partial charge in [0.05, 0.1) is 5.39 Å². The first-order valence-electron chi connectivity index (χ1n) is 9.80. The second kappa shape index (κ2) is 7.22. The van der Waals surface area contributed by atoms with Gasteiger partial charge in [0.15, 0.2) is 5.65 Å². The van der Waals surface area contributed by atoms with E-state index in [9.17, 15) is 9.18 Å². The number of para-hydroxylation sites is 1. The molecule has 0 amide bonds. The Morgan fingerprint density at radius 1 is 1.10 bits per heavy atom. The smallest absolute Gasteiger partial charge is 0.262 e. The van der Waals surface area contributed by atoms with Crippen LogP contribution < -0.4 is 10.5 Å². The lowest BCUT2D eigenvalue weighted by molar-refractivity contribution is 0.628. The molecule has 0 bridgehead atoms. The minimum absolute atomic E-state index is 0.185. The molecule has 2 aromatic heterocycles. The zero-order valence-corrected chi connectivity index (χ0v) is 16.3. The highest BCUT2D eigenvalue weighted by molar-refractivity contribution is 5.88. The maximum atomic E-state index is 13.1. The first-order valence-corrected chi connectivity index (χ1v) is 9.80. The van der Waals surface area contributed by atoms with Crippen molar-refractivity contribution in [1.82, 2.24) is 15.0 Å². The van der Waals surface area contributed by atoms with E-state index in [4.69, 9.17) is 0 Å². The molecule has 0 aliphatic carbocycles. The van der Waals surface area contributed by atoms with Crippen LogP contribution in [0.3, 0.4) is 0 Å². The van der Waals surface area contributed by atoms with E-state index in [-0.39, 0.29) is 17.4 Å². The molecule has 0 fully saturated rings. The lowest BCUT2D eigenvalue weighted by atomic mass is 10.1. The normalized spacial score (nSPS) is 15.8. The van der Waals surface area contributed by atoms with Gasteiger partial charge >= 0.3 is 0 Å². The van der Waals surface area contributed by atoms with Crippen molar-refractivity contribution in [3.63, 3.8) is 0 Å². The van der Waals surface area contributed by atoms with Gasteiger partial charge in [0.1, 0.15) is 5.82 Å². The summed E-state index contributed by atoms with van der Waals surface area (Å²) in [5.74, 6) is 0.213. The van der Waals surface area contributed by atoms with Crippen LogP contribution in [0.4, 0.5) is 16.0 Å². The van der Waals surface area contributed by atoms with Gasteiger partial charge in [-0.15, -0.1) is 0 Å². The Labute approximate surface area is 172 Å². The highest BCUT2D eigenvalue weighted by atomic mass is 19.1. The van der Waals surface area contributed by atoms with Crippen molar-refractivity contribution >= 4 is 34.8 Å². The Morgan fingerprint density at radius 3 is 2.73 bits per heavy atom. The Balaban J connectivity index is 1.58. The molecule has 1 aliphatic heterocycles. The topological polar surface area (TPSA) is 61.9 Å². The molecule has 0 saturated carbocycles. The van der Waals surface area contributed by atoms with Crippen LogP contribution in [0.1, 0.15) is 23.6 Å². The number of hydrogen-bond donors (Lipinski definition) is 1. The van der Waals surface area contributed by atoms with Crippen LogP contribution >= 0.6 is 0 Å². The Bertz CT molecular complexity index is 1330. The second-order valence-electron chi connectivity index (χ2n) is 7.43. The number of halogens is 1. The third-order valence-electron chi connectivity index (χ3n) is 5.39. The fourth-order valence-corrected chi connectivity index (χ4v) is 3.98. The Morgan fingerprint density at radius 2 is 1.90 bits per heavy atom. The molecular weight excluding hydrogens is 379 g/mol. The zero-order valence-electron chi connectivity index (χ0n) is 16.3. The van der Waals surface area contributed by atoms with Crippen LogP contribution in [-0.2, 0) is 6.42 Å². The Kier molecular flexibility index (Phi) is 4.39. The molecule has 4 aromatic rings. The van der Waals surface area contributed by atoms with Crippen molar-refractivity contribution in [3.05, 3.63) is 93.7 Å². The van der Waals surface area contributed by atoms with E-state index in [1.54, 1.807) is 24.4 Å². The number of rotatable bonds is 3. The molecule has 3 heterocycles. The average molecular weight is 398 g/mol. The fourth-order valence-electron chi connectivity index (χ4n) is 3.98. The first kappa shape index (κ1) is 18.2. The van der Waals surface area contributed by atoms with Gasteiger partial charge in [0.2, 0.25) is 5.95 Å². The summed E-state index contributed by atoms with van der Waals surface area (Å²) in [6.07, 6.45) is 6.19. The number of nitrogens with one attached hydrogen (secondary N) is 1. The number of fused-ring (bicyclic) bond motifs is 2. The van der Waals surface area contributed by atoms with Gasteiger partial charge in [-0.2, -0.15) is 4.98 Å². The molecule has 5 rings (SSSR count). The number of nitrogens with zero attached hydrogens (tertiary/aromatic N) is 3. The average Bonchev–Trinajstić information content (AvgIpc) is 3.08. The highest BCUT2D eigenvalue weighted by Crippen LogP contribution is 2.36. The van der Waals surface area contributed by atoms with Crippen LogP contribution in [0.25, 0.3) is 23.2 Å². The van der Waals surface area contributed by atoms with E-state index in [0.29, 0.717) is 22.5 Å². The second-order valence-corrected chi connectivity index (χ2v) is 7.43. The number of hydrogen-bond acceptors (Lipinski definition) is 4. The molecular formula is C24H19FN4O. The van der Waals surface area contributed by atoms with Gasteiger partial charge in [0, 0.05) is 17.9 Å². The molecule has 2 aromatic carbocycles. The van der Waals surface area contributed by atoms with Gasteiger partial charge in [0.25, 0.3) is 5.56 Å². The van der Waals surface area contributed by atoms with Crippen molar-refractivity contribution < 1.29 is 4.39 Å². The molecule has 0 radical (unpaired) electrons. The van der Waals surface area contributed by atoms with Crippen molar-refractivity contribution in [3.8, 4) is 0 Å². The van der Waals surface area contributed by atoms with E-state index in [1.165, 1.54) is 17.7 Å². The van der Waals surface area contributed by atoms with Gasteiger partial charge in [-0.25, -0.2) is 9.37 Å². The molecule has 148 valence electrons. The van der Waals surface area contributed by atoms with Crippen LogP contribution in [0.15, 0.2) is 65.6 Å². The SMILES string of the molecule is C[C@@H]1Cc2ccccc2N1c1nc2nccc(/C=C/c3ccc(F)cc3)c2c(=O)[nH]1. The van der Waals surface area contributed by atoms with Crippen molar-refractivity contribution in [2.45, 2.75) is 19.4 Å². The molecule has 0 unspecified atom stereocenters. The minimum atomic E-state index is -0.285. The summed E-state index contributed by atoms with van der Waals surface area (Å²) in [7, 11) is 0. The third kappa shape index (κ3) is 3.16. The van der Waals surface area contributed by atoms with Crippen molar-refractivity contribution in [2.75, 3.05) is 4.90 Å². The van der Waals surface area contributed by atoms with E-state index in [1.807, 2.05) is 30.4 Å². The predicted molar refractivity (Wildman–Crippen MR) is 117 cm³/mol. The predicted octanol–water partition coefficient (Wildman–Crippen LogP) is 4.71. The summed E-state index contributed by atoms with van der Waals surface area (Å²) in [6, 6.07) is 16.3. The quantitative estimate of drug-likeness (QED) is 0.543. The molecule has 30 heavy (non-hydrogen) atoms. The number of aromatic amines is 1. The van der Waals surface area contributed by atoms with E-state index in [0.717, 1.165) is 17.7 Å². The van der Waals surface area contributed by atoms with Gasteiger partial charge in [-0.05, 0) is 54.3 Å². The summed E-state index contributed by atoms with van der Waals surface area (Å²) >= 11 is 0. The van der Waals surface area contributed by atoms with Gasteiger partial charge in [-0.1, -0.05) is 42.5 Å². The Hall–Kier alpha value is -3.80. The standard InChI is InChI=1S/C24H19FN4O/c1-15-14-18-4-2-3-5-20(18)29(15)24-27-22-21(23(30)28-24)17(12-13-26-22)9-6-16-7-10-19(25)11-8-16/h2-13,15H,14H2,1H3,(H,26,27,28,30)/b9-6+/t15-/m1/s1. The summed E-state index contributed by atoms with van der Waals surface area (Å²) in [6.45, 7) is 2.11. The van der Waals surface area contributed by atoms with E-state index >= 15 is 0 Å². The molecule has 1 aliphatic rings. The molecule has 5 nitrogen and oxygen atoms in total. The van der Waals surface area contributed by atoms with Crippen molar-refractivity contribution in [2.24, 2.45) is 0 Å². The van der Waals surface area contributed by atoms with E-state index < -0.39 is 0 Å². The minimum Gasteiger partial charge on any atom is -0.309 e. The third-order valence-corrected chi connectivity index (χ3v) is 5.39. The molecule has 1 N–H and O–H groups in total. The maximum absolute atomic E-state index is 13.1. The zero-order chi connectivity index (χ0) is 20.7. The fraction of sp³-hybridized carbons (Fsp3) is 0.125. The van der Waals surface area contributed by atoms with Crippen LogP contribution in [0.5, 0.6) is 0 Å². The summed E-state index contributed by atoms with van der Waals surface area (Å²) in [4.78, 5) is 27.0. The number of aromatic nitrogens is 3. The number of benzene rings is 2. The summed E-state index contributed by atoms with van der Waals surface area (Å²) < 4.78 is 13.1.